The quantitative estimate of drug-likeness (QED) is 0.698. The van der Waals surface area contributed by atoms with Gasteiger partial charge in [-0.3, -0.25) is 9.59 Å². The number of hydrogen-bond donors (Lipinski definition) is 1. The SMILES string of the molecule is COc1ccc(NC(=O)c2cnc([C@@H]3CCN(C(=O)CCC4CCCC4)C3)nc2C)cc1. The summed E-state index contributed by atoms with van der Waals surface area (Å²) in [7, 11) is 1.60. The summed E-state index contributed by atoms with van der Waals surface area (Å²) in [4.78, 5) is 36.4. The van der Waals surface area contributed by atoms with Gasteiger partial charge in [0.25, 0.3) is 5.91 Å². The molecule has 1 aliphatic heterocycles. The molecule has 1 saturated carbocycles. The van der Waals surface area contributed by atoms with Crippen molar-refractivity contribution < 1.29 is 14.3 Å². The normalized spacial score (nSPS) is 18.7. The van der Waals surface area contributed by atoms with Crippen molar-refractivity contribution in [3.8, 4) is 5.75 Å². The van der Waals surface area contributed by atoms with E-state index in [-0.39, 0.29) is 17.7 Å². The molecule has 0 radical (unpaired) electrons. The summed E-state index contributed by atoms with van der Waals surface area (Å²) < 4.78 is 5.14. The average Bonchev–Trinajstić information content (AvgIpc) is 3.50. The standard InChI is InChI=1S/C25H32N4O3/c1-17-22(25(31)28-20-8-10-21(32-2)11-9-20)15-26-24(27-17)19-13-14-29(16-19)23(30)12-7-18-5-3-4-6-18/h8-11,15,18-19H,3-7,12-14,16H2,1-2H3,(H,28,31)/t19-/m1/s1. The van der Waals surface area contributed by atoms with Gasteiger partial charge in [0.15, 0.2) is 0 Å². The van der Waals surface area contributed by atoms with Crippen LogP contribution in [0.25, 0.3) is 0 Å². The van der Waals surface area contributed by atoms with E-state index in [9.17, 15) is 9.59 Å². The van der Waals surface area contributed by atoms with Crippen LogP contribution in [0.15, 0.2) is 30.5 Å². The van der Waals surface area contributed by atoms with Crippen molar-refractivity contribution in [3.63, 3.8) is 0 Å². The van der Waals surface area contributed by atoms with Gasteiger partial charge in [-0.2, -0.15) is 0 Å². The van der Waals surface area contributed by atoms with Crippen LogP contribution in [0.4, 0.5) is 5.69 Å². The molecule has 170 valence electrons. The molecule has 1 atom stereocenters. The third-order valence-electron chi connectivity index (χ3n) is 6.74. The number of benzene rings is 1. The fourth-order valence-corrected chi connectivity index (χ4v) is 4.76. The number of aromatic nitrogens is 2. The monoisotopic (exact) mass is 436 g/mol. The predicted octanol–water partition coefficient (Wildman–Crippen LogP) is 4.33. The Kier molecular flexibility index (Phi) is 7.02. The molecule has 1 aromatic heterocycles. The molecule has 0 spiro atoms. The van der Waals surface area contributed by atoms with Crippen LogP contribution < -0.4 is 10.1 Å². The average molecular weight is 437 g/mol. The zero-order valence-corrected chi connectivity index (χ0v) is 19.0. The number of carbonyl (C=O) groups excluding carboxylic acids is 2. The summed E-state index contributed by atoms with van der Waals surface area (Å²) >= 11 is 0. The lowest BCUT2D eigenvalue weighted by Gasteiger charge is -2.18. The molecule has 1 N–H and O–H groups in total. The summed E-state index contributed by atoms with van der Waals surface area (Å²) in [5, 5.41) is 2.87. The molecule has 1 saturated heterocycles. The number of nitrogens with one attached hydrogen (secondary N) is 1. The number of anilines is 1. The maximum absolute atomic E-state index is 12.7. The van der Waals surface area contributed by atoms with Crippen LogP contribution in [-0.2, 0) is 4.79 Å². The van der Waals surface area contributed by atoms with Crippen molar-refractivity contribution in [1.82, 2.24) is 14.9 Å². The number of hydrogen-bond acceptors (Lipinski definition) is 5. The van der Waals surface area contributed by atoms with Gasteiger partial charge >= 0.3 is 0 Å². The first kappa shape index (κ1) is 22.2. The molecule has 32 heavy (non-hydrogen) atoms. The summed E-state index contributed by atoms with van der Waals surface area (Å²) in [6, 6.07) is 7.17. The van der Waals surface area contributed by atoms with Crippen molar-refractivity contribution in [1.29, 1.82) is 0 Å². The van der Waals surface area contributed by atoms with Gasteiger partial charge in [0.1, 0.15) is 11.6 Å². The lowest BCUT2D eigenvalue weighted by molar-refractivity contribution is -0.130. The second-order valence-electron chi connectivity index (χ2n) is 8.92. The highest BCUT2D eigenvalue weighted by molar-refractivity contribution is 6.04. The van der Waals surface area contributed by atoms with Gasteiger partial charge in [-0.05, 0) is 49.9 Å². The molecule has 1 aliphatic carbocycles. The van der Waals surface area contributed by atoms with Crippen LogP contribution in [0, 0.1) is 12.8 Å². The van der Waals surface area contributed by atoms with Gasteiger partial charge < -0.3 is 15.0 Å². The van der Waals surface area contributed by atoms with Crippen molar-refractivity contribution >= 4 is 17.5 Å². The summed E-state index contributed by atoms with van der Waals surface area (Å²) in [5.74, 6) is 2.33. The van der Waals surface area contributed by atoms with Gasteiger partial charge in [0, 0.05) is 37.3 Å². The van der Waals surface area contributed by atoms with E-state index in [0.717, 1.165) is 36.9 Å². The molecule has 7 nitrogen and oxygen atoms in total. The van der Waals surface area contributed by atoms with Gasteiger partial charge in [-0.15, -0.1) is 0 Å². The minimum atomic E-state index is -0.241. The van der Waals surface area contributed by atoms with E-state index in [4.69, 9.17) is 4.74 Å². The molecule has 0 unspecified atom stereocenters. The number of methoxy groups -OCH3 is 1. The third kappa shape index (κ3) is 5.26. The van der Waals surface area contributed by atoms with Crippen LogP contribution in [0.1, 0.15) is 72.7 Å². The topological polar surface area (TPSA) is 84.4 Å². The van der Waals surface area contributed by atoms with Crippen LogP contribution in [0.2, 0.25) is 0 Å². The number of amides is 2. The highest BCUT2D eigenvalue weighted by Crippen LogP contribution is 2.30. The predicted molar refractivity (Wildman–Crippen MR) is 123 cm³/mol. The van der Waals surface area contributed by atoms with Crippen LogP contribution >= 0.6 is 0 Å². The first-order valence-corrected chi connectivity index (χ1v) is 11.6. The molecule has 2 heterocycles. The van der Waals surface area contributed by atoms with E-state index < -0.39 is 0 Å². The fraction of sp³-hybridized carbons (Fsp3) is 0.520. The van der Waals surface area contributed by atoms with E-state index in [2.05, 4.69) is 15.3 Å². The van der Waals surface area contributed by atoms with E-state index >= 15 is 0 Å². The molecule has 4 rings (SSSR count). The molecule has 7 heteroatoms. The lowest BCUT2D eigenvalue weighted by atomic mass is 10.0. The maximum Gasteiger partial charge on any atom is 0.259 e. The minimum Gasteiger partial charge on any atom is -0.497 e. The van der Waals surface area contributed by atoms with Crippen molar-refractivity contribution in [3.05, 3.63) is 47.5 Å². The van der Waals surface area contributed by atoms with Crippen molar-refractivity contribution in [2.75, 3.05) is 25.5 Å². The highest BCUT2D eigenvalue weighted by Gasteiger charge is 2.30. The number of carbonyl (C=O) groups is 2. The first-order valence-electron chi connectivity index (χ1n) is 11.6. The second-order valence-corrected chi connectivity index (χ2v) is 8.92. The Labute approximate surface area is 189 Å². The molecule has 2 fully saturated rings. The molecular formula is C25H32N4O3. The maximum atomic E-state index is 12.7. The third-order valence-corrected chi connectivity index (χ3v) is 6.74. The number of nitrogens with zero attached hydrogens (tertiary/aromatic N) is 3. The van der Waals surface area contributed by atoms with Crippen molar-refractivity contribution in [2.45, 2.75) is 57.8 Å². The first-order chi connectivity index (χ1) is 15.5. The van der Waals surface area contributed by atoms with E-state index in [1.165, 1.54) is 25.7 Å². The Morgan fingerprint density at radius 1 is 1.16 bits per heavy atom. The molecule has 2 aliphatic rings. The Balaban J connectivity index is 1.33. The van der Waals surface area contributed by atoms with Gasteiger partial charge in [0.05, 0.1) is 18.4 Å². The second kappa shape index (κ2) is 10.1. The zero-order valence-electron chi connectivity index (χ0n) is 19.0. The van der Waals surface area contributed by atoms with Crippen LogP contribution in [0.3, 0.4) is 0 Å². The number of aryl methyl sites for hydroxylation is 1. The summed E-state index contributed by atoms with van der Waals surface area (Å²) in [5.41, 5.74) is 1.78. The Hall–Kier alpha value is -2.96. The van der Waals surface area contributed by atoms with Gasteiger partial charge in [0.2, 0.25) is 5.91 Å². The Morgan fingerprint density at radius 2 is 1.91 bits per heavy atom. The largest absolute Gasteiger partial charge is 0.497 e. The number of likely N-dealkylation sites (tertiary alicyclic amines) is 1. The van der Waals surface area contributed by atoms with Gasteiger partial charge in [-0.25, -0.2) is 9.97 Å². The van der Waals surface area contributed by atoms with E-state index in [1.54, 1.807) is 37.6 Å². The van der Waals surface area contributed by atoms with Gasteiger partial charge in [-0.1, -0.05) is 25.7 Å². The zero-order chi connectivity index (χ0) is 22.5. The Bertz CT molecular complexity index is 954. The van der Waals surface area contributed by atoms with Crippen LogP contribution in [0.5, 0.6) is 5.75 Å². The minimum absolute atomic E-state index is 0.128. The summed E-state index contributed by atoms with van der Waals surface area (Å²) in [6.07, 6.45) is 9.33. The lowest BCUT2D eigenvalue weighted by Crippen LogP contribution is -2.28. The van der Waals surface area contributed by atoms with E-state index in [1.807, 2.05) is 11.8 Å². The van der Waals surface area contributed by atoms with E-state index in [0.29, 0.717) is 29.9 Å². The molecule has 0 bridgehead atoms. The number of ether oxygens (including phenoxy) is 1. The fourth-order valence-electron chi connectivity index (χ4n) is 4.76. The molecule has 1 aromatic carbocycles. The molecule has 2 aromatic rings. The summed E-state index contributed by atoms with van der Waals surface area (Å²) in [6.45, 7) is 3.25. The van der Waals surface area contributed by atoms with Crippen molar-refractivity contribution in [2.24, 2.45) is 5.92 Å². The smallest absolute Gasteiger partial charge is 0.259 e. The number of rotatable bonds is 7. The Morgan fingerprint density at radius 3 is 2.59 bits per heavy atom. The highest BCUT2D eigenvalue weighted by atomic mass is 16.5. The molecular weight excluding hydrogens is 404 g/mol. The molecule has 2 amide bonds. The van der Waals surface area contributed by atoms with Crippen LogP contribution in [-0.4, -0.2) is 46.9 Å².